The highest BCUT2D eigenvalue weighted by Gasteiger charge is 2.54. The van der Waals surface area contributed by atoms with Gasteiger partial charge in [0.2, 0.25) is 0 Å². The van der Waals surface area contributed by atoms with Crippen molar-refractivity contribution in [2.45, 2.75) is 124 Å². The predicted molar refractivity (Wildman–Crippen MR) is 186 cm³/mol. The van der Waals surface area contributed by atoms with E-state index in [2.05, 4.69) is 4.74 Å². The maximum absolute atomic E-state index is 12.8. The minimum atomic E-state index is -1.90. The number of alkyl halides is 1. The summed E-state index contributed by atoms with van der Waals surface area (Å²) in [5, 5.41) is 82.8. The molecule has 1 aromatic rings. The second-order valence-corrected chi connectivity index (χ2v) is 13.6. The van der Waals surface area contributed by atoms with E-state index in [1.54, 1.807) is 24.3 Å². The molecule has 0 amide bonds. The first-order valence-corrected chi connectivity index (χ1v) is 18.6. The average Bonchev–Trinajstić information content (AvgIpc) is 3.21. The second kappa shape index (κ2) is 22.7. The Morgan fingerprint density at radius 2 is 1.27 bits per heavy atom. The third kappa shape index (κ3) is 12.1. The van der Waals surface area contributed by atoms with Crippen LogP contribution in [0.5, 0.6) is 5.75 Å². The molecule has 0 saturated carbocycles. The Balaban J connectivity index is 1.69. The highest BCUT2D eigenvalue weighted by molar-refractivity contribution is 6.26. The van der Waals surface area contributed by atoms with Crippen LogP contribution in [0.25, 0.3) is 0 Å². The Labute approximate surface area is 327 Å². The molecular weight excluding hydrogens is 776 g/mol. The highest BCUT2D eigenvalue weighted by atomic mass is 35.5. The summed E-state index contributed by atoms with van der Waals surface area (Å²) >= 11 is 5.84. The predicted octanol–water partition coefficient (Wildman–Crippen LogP) is -2.79. The number of aliphatic hydroxyl groups excluding tert-OH is 8. The smallest absolute Gasteiger partial charge is 0.321 e. The van der Waals surface area contributed by atoms with Gasteiger partial charge in [-0.15, -0.1) is 11.6 Å². The maximum Gasteiger partial charge on any atom is 0.321 e. The Hall–Kier alpha value is -2.35. The molecular formula is C35H53ClO20. The van der Waals surface area contributed by atoms with Gasteiger partial charge in [-0.3, -0.25) is 9.59 Å². The van der Waals surface area contributed by atoms with Gasteiger partial charge in [0, 0.05) is 13.0 Å². The largest absolute Gasteiger partial charge is 0.497 e. The fourth-order valence-corrected chi connectivity index (χ4v) is 6.37. The van der Waals surface area contributed by atoms with Crippen molar-refractivity contribution in [2.75, 3.05) is 46.5 Å². The molecule has 0 aliphatic carbocycles. The van der Waals surface area contributed by atoms with Crippen LogP contribution in [0, 0.1) is 0 Å². The summed E-state index contributed by atoms with van der Waals surface area (Å²) in [5.41, 5.74) is 0.614. The Bertz CT molecular complexity index is 1320. The monoisotopic (exact) mass is 828 g/mol. The summed E-state index contributed by atoms with van der Waals surface area (Å²) in [4.78, 5) is 24.4. The van der Waals surface area contributed by atoms with E-state index in [0.29, 0.717) is 30.6 Å². The number of ether oxygens (including phenoxy) is 10. The molecule has 8 N–H and O–H groups in total. The van der Waals surface area contributed by atoms with Crippen molar-refractivity contribution in [3.05, 3.63) is 29.8 Å². The minimum Gasteiger partial charge on any atom is -0.497 e. The standard InChI is InChI=1S/C35H53ClO20/c1-47-18-9-7-17(8-10-18)15-50-31-30(56-34-29(46)27(44)25(42)20(14-38)53-34)21(16-51-33-28(45)26(43)24(41)19(13-37)52-33)54-35(32(31)55-23(40)12-36)49-11-5-3-4-6-22(39)48-2/h7-10,19-21,24-35,37-38,41-46H,3-6,11-16H2,1-2H3/t19-,20-,21-,24-,25+,26+,27+,28-,29-,30+,31+,32-,33?,34?,35-/m1/s1. The Morgan fingerprint density at radius 1 is 0.661 bits per heavy atom. The number of esters is 2. The van der Waals surface area contributed by atoms with E-state index in [0.717, 1.165) is 0 Å². The van der Waals surface area contributed by atoms with Gasteiger partial charge in [-0.25, -0.2) is 0 Å². The maximum atomic E-state index is 12.8. The van der Waals surface area contributed by atoms with Crippen LogP contribution in [0.15, 0.2) is 24.3 Å². The van der Waals surface area contributed by atoms with Gasteiger partial charge in [0.05, 0.1) is 40.6 Å². The number of carbonyl (C=O) groups is 2. The SMILES string of the molecule is COC(=O)CCCCCO[C@@H]1O[C@H](COC2O[C@H](CO)[C@@H](O)[C@H](O)[C@H]2O)[C@H](OC2O[C@H](CO)[C@H](O)[C@H](O)[C@H]2O)[C@H](OCc2ccc(OC)cc2)[C@H]1OC(=O)CCl. The summed E-state index contributed by atoms with van der Waals surface area (Å²) in [7, 11) is 2.78. The lowest BCUT2D eigenvalue weighted by atomic mass is 9.96. The molecule has 3 aliphatic rings. The van der Waals surface area contributed by atoms with Crippen molar-refractivity contribution in [3.63, 3.8) is 0 Å². The molecule has 0 spiro atoms. The summed E-state index contributed by atoms with van der Waals surface area (Å²) in [6, 6.07) is 6.76. The quantitative estimate of drug-likeness (QED) is 0.0374. The third-order valence-corrected chi connectivity index (χ3v) is 9.74. The summed E-state index contributed by atoms with van der Waals surface area (Å²) in [6.45, 7) is -2.23. The van der Waals surface area contributed by atoms with Gasteiger partial charge in [0.25, 0.3) is 0 Å². The molecule has 320 valence electrons. The third-order valence-electron chi connectivity index (χ3n) is 9.52. The van der Waals surface area contributed by atoms with Crippen LogP contribution in [-0.4, -0.2) is 191 Å². The highest BCUT2D eigenvalue weighted by Crippen LogP contribution is 2.34. The van der Waals surface area contributed by atoms with Crippen LogP contribution >= 0.6 is 11.6 Å². The van der Waals surface area contributed by atoms with E-state index < -0.39 is 124 Å². The number of halogens is 1. The van der Waals surface area contributed by atoms with E-state index in [9.17, 15) is 50.4 Å². The van der Waals surface area contributed by atoms with E-state index >= 15 is 0 Å². The van der Waals surface area contributed by atoms with Crippen LogP contribution in [0.2, 0.25) is 0 Å². The summed E-state index contributed by atoms with van der Waals surface area (Å²) in [5.74, 6) is -1.32. The van der Waals surface area contributed by atoms with Gasteiger partial charge in [-0.2, -0.15) is 0 Å². The molecule has 0 bridgehead atoms. The number of hydrogen-bond acceptors (Lipinski definition) is 20. The summed E-state index contributed by atoms with van der Waals surface area (Å²) in [6.07, 6.45) is -22.4. The number of benzene rings is 1. The molecule has 0 radical (unpaired) electrons. The first-order valence-electron chi connectivity index (χ1n) is 18.1. The molecule has 15 atom stereocenters. The van der Waals surface area contributed by atoms with Crippen molar-refractivity contribution in [1.29, 1.82) is 0 Å². The van der Waals surface area contributed by atoms with Crippen LogP contribution in [0.4, 0.5) is 0 Å². The first kappa shape index (κ1) is 46.3. The molecule has 56 heavy (non-hydrogen) atoms. The molecule has 1 aromatic carbocycles. The Kier molecular flexibility index (Phi) is 18.8. The molecule has 3 saturated heterocycles. The van der Waals surface area contributed by atoms with Crippen molar-refractivity contribution < 1.29 is 97.8 Å². The normalized spacial score (nSPS) is 36.2. The first-order chi connectivity index (χ1) is 26.9. The van der Waals surface area contributed by atoms with E-state index in [1.807, 2.05) is 0 Å². The topological polar surface area (TPSA) is 288 Å². The van der Waals surface area contributed by atoms with Crippen molar-refractivity contribution in [2.24, 2.45) is 0 Å². The fourth-order valence-electron chi connectivity index (χ4n) is 6.30. The van der Waals surface area contributed by atoms with Crippen LogP contribution < -0.4 is 4.74 Å². The zero-order chi connectivity index (χ0) is 40.9. The van der Waals surface area contributed by atoms with Crippen molar-refractivity contribution >= 4 is 23.5 Å². The molecule has 3 heterocycles. The average molecular weight is 829 g/mol. The zero-order valence-corrected chi connectivity index (χ0v) is 31.7. The number of unbranched alkanes of at least 4 members (excludes halogenated alkanes) is 2. The molecule has 4 rings (SSSR count). The van der Waals surface area contributed by atoms with Gasteiger partial charge >= 0.3 is 11.9 Å². The van der Waals surface area contributed by atoms with Crippen LogP contribution in [0.3, 0.4) is 0 Å². The molecule has 20 nitrogen and oxygen atoms in total. The molecule has 21 heteroatoms. The Morgan fingerprint density at radius 3 is 1.86 bits per heavy atom. The molecule has 3 aliphatic heterocycles. The van der Waals surface area contributed by atoms with Crippen molar-refractivity contribution in [1.82, 2.24) is 0 Å². The summed E-state index contributed by atoms with van der Waals surface area (Å²) < 4.78 is 57.5. The van der Waals surface area contributed by atoms with Crippen LogP contribution in [0.1, 0.15) is 31.2 Å². The number of hydrogen-bond donors (Lipinski definition) is 8. The van der Waals surface area contributed by atoms with E-state index in [4.69, 9.17) is 54.2 Å². The molecule has 2 unspecified atom stereocenters. The van der Waals surface area contributed by atoms with Gasteiger partial charge in [0.1, 0.15) is 78.8 Å². The lowest BCUT2D eigenvalue weighted by molar-refractivity contribution is -0.371. The van der Waals surface area contributed by atoms with E-state index in [-0.39, 0.29) is 25.6 Å². The van der Waals surface area contributed by atoms with Gasteiger partial charge in [0.15, 0.2) is 25.0 Å². The minimum absolute atomic E-state index is 0.0183. The van der Waals surface area contributed by atoms with Gasteiger partial charge < -0.3 is 88.2 Å². The fraction of sp³-hybridized carbons (Fsp3) is 0.771. The molecule has 3 fully saturated rings. The lowest BCUT2D eigenvalue weighted by Gasteiger charge is -2.48. The van der Waals surface area contributed by atoms with Crippen molar-refractivity contribution in [3.8, 4) is 5.75 Å². The number of methoxy groups -OCH3 is 2. The lowest BCUT2D eigenvalue weighted by Crippen LogP contribution is -2.66. The van der Waals surface area contributed by atoms with Gasteiger partial charge in [-0.05, 0) is 30.5 Å². The van der Waals surface area contributed by atoms with E-state index in [1.165, 1.54) is 14.2 Å². The van der Waals surface area contributed by atoms with Crippen LogP contribution in [-0.2, 0) is 58.8 Å². The van der Waals surface area contributed by atoms with Gasteiger partial charge in [-0.1, -0.05) is 18.6 Å². The number of aliphatic hydroxyl groups is 8. The number of rotatable bonds is 20. The zero-order valence-electron chi connectivity index (χ0n) is 30.9. The number of carbonyl (C=O) groups excluding carboxylic acids is 2. The second-order valence-electron chi connectivity index (χ2n) is 13.3. The molecule has 0 aromatic heterocycles.